The van der Waals surface area contributed by atoms with Gasteiger partial charge in [-0.25, -0.2) is 18.7 Å². The van der Waals surface area contributed by atoms with Crippen molar-refractivity contribution in [1.82, 2.24) is 9.97 Å². The Hall–Kier alpha value is -3.35. The SMILES string of the molecule is O=C(Nc1ccccc1F)c1cnc(Nc2ccc(F)cc2)cn1. The molecule has 0 fully saturated rings. The third kappa shape index (κ3) is 3.70. The summed E-state index contributed by atoms with van der Waals surface area (Å²) in [6.07, 6.45) is 2.63. The number of carbonyl (C=O) groups excluding carboxylic acids is 1. The number of anilines is 3. The predicted molar refractivity (Wildman–Crippen MR) is 86.1 cm³/mol. The molecular weight excluding hydrogens is 314 g/mol. The second-order valence-corrected chi connectivity index (χ2v) is 4.85. The summed E-state index contributed by atoms with van der Waals surface area (Å²) in [6.45, 7) is 0. The summed E-state index contributed by atoms with van der Waals surface area (Å²) in [6, 6.07) is 11.6. The molecule has 3 aromatic rings. The Morgan fingerprint density at radius 3 is 2.33 bits per heavy atom. The van der Waals surface area contributed by atoms with Crippen LogP contribution < -0.4 is 10.6 Å². The number of aromatic nitrogens is 2. The van der Waals surface area contributed by atoms with Crippen molar-refractivity contribution >= 4 is 23.1 Å². The molecule has 0 bridgehead atoms. The van der Waals surface area contributed by atoms with E-state index in [1.54, 1.807) is 18.2 Å². The molecule has 0 aliphatic rings. The van der Waals surface area contributed by atoms with Crippen LogP contribution in [0.4, 0.5) is 26.0 Å². The summed E-state index contributed by atoms with van der Waals surface area (Å²) in [5, 5.41) is 5.35. The predicted octanol–water partition coefficient (Wildman–Crippen LogP) is 3.75. The molecule has 2 N–H and O–H groups in total. The van der Waals surface area contributed by atoms with Crippen LogP contribution in [0.1, 0.15) is 10.5 Å². The molecule has 0 aliphatic carbocycles. The van der Waals surface area contributed by atoms with Gasteiger partial charge in [0.2, 0.25) is 0 Å². The summed E-state index contributed by atoms with van der Waals surface area (Å²) >= 11 is 0. The summed E-state index contributed by atoms with van der Waals surface area (Å²) in [5.74, 6) is -1.05. The van der Waals surface area contributed by atoms with Crippen LogP contribution in [-0.2, 0) is 0 Å². The second kappa shape index (κ2) is 6.82. The molecule has 1 amide bonds. The highest BCUT2D eigenvalue weighted by molar-refractivity contribution is 6.02. The van der Waals surface area contributed by atoms with Gasteiger partial charge in [0.25, 0.3) is 5.91 Å². The number of amides is 1. The first kappa shape index (κ1) is 15.5. The minimum absolute atomic E-state index is 0.0444. The van der Waals surface area contributed by atoms with E-state index in [-0.39, 0.29) is 17.2 Å². The number of hydrogen-bond acceptors (Lipinski definition) is 4. The Bertz CT molecular complexity index is 851. The van der Waals surface area contributed by atoms with E-state index >= 15 is 0 Å². The standard InChI is InChI=1S/C17H12F2N4O/c18-11-5-7-12(8-6-11)22-16-10-20-15(9-21-16)17(24)23-14-4-2-1-3-13(14)19/h1-10H,(H,21,22)(H,23,24). The van der Waals surface area contributed by atoms with Gasteiger partial charge in [0.15, 0.2) is 0 Å². The second-order valence-electron chi connectivity index (χ2n) is 4.85. The third-order valence-corrected chi connectivity index (χ3v) is 3.12. The van der Waals surface area contributed by atoms with E-state index in [1.807, 2.05) is 0 Å². The van der Waals surface area contributed by atoms with Gasteiger partial charge in [-0.1, -0.05) is 12.1 Å². The minimum Gasteiger partial charge on any atom is -0.339 e. The lowest BCUT2D eigenvalue weighted by molar-refractivity contribution is 0.102. The third-order valence-electron chi connectivity index (χ3n) is 3.12. The molecule has 3 rings (SSSR count). The number of carbonyl (C=O) groups is 1. The van der Waals surface area contributed by atoms with Crippen molar-refractivity contribution in [2.45, 2.75) is 0 Å². The number of nitrogens with one attached hydrogen (secondary N) is 2. The van der Waals surface area contributed by atoms with Gasteiger partial charge in [-0.15, -0.1) is 0 Å². The van der Waals surface area contributed by atoms with Gasteiger partial charge in [-0.3, -0.25) is 4.79 Å². The Morgan fingerprint density at radius 1 is 0.917 bits per heavy atom. The molecule has 0 aliphatic heterocycles. The minimum atomic E-state index is -0.569. The summed E-state index contributed by atoms with van der Waals surface area (Å²) in [5.41, 5.74) is 0.745. The summed E-state index contributed by atoms with van der Waals surface area (Å²) < 4.78 is 26.4. The highest BCUT2D eigenvalue weighted by Crippen LogP contribution is 2.15. The Labute approximate surface area is 136 Å². The lowest BCUT2D eigenvalue weighted by Gasteiger charge is -2.07. The molecule has 5 nitrogen and oxygen atoms in total. The molecular formula is C17H12F2N4O. The van der Waals surface area contributed by atoms with Crippen LogP contribution in [0.5, 0.6) is 0 Å². The maximum atomic E-state index is 13.5. The zero-order valence-electron chi connectivity index (χ0n) is 12.3. The van der Waals surface area contributed by atoms with Crippen molar-refractivity contribution < 1.29 is 13.6 Å². The van der Waals surface area contributed by atoms with Gasteiger partial charge in [0, 0.05) is 5.69 Å². The summed E-state index contributed by atoms with van der Waals surface area (Å²) in [4.78, 5) is 20.1. The van der Waals surface area contributed by atoms with E-state index in [9.17, 15) is 13.6 Å². The monoisotopic (exact) mass is 326 g/mol. The van der Waals surface area contributed by atoms with Crippen LogP contribution in [0.2, 0.25) is 0 Å². The van der Waals surface area contributed by atoms with Gasteiger partial charge in [0.1, 0.15) is 23.1 Å². The number of rotatable bonds is 4. The zero-order valence-corrected chi connectivity index (χ0v) is 12.3. The van der Waals surface area contributed by atoms with Crippen molar-refractivity contribution in [2.75, 3.05) is 10.6 Å². The van der Waals surface area contributed by atoms with Crippen molar-refractivity contribution in [2.24, 2.45) is 0 Å². The molecule has 0 spiro atoms. The molecule has 0 radical (unpaired) electrons. The Balaban J connectivity index is 1.68. The molecule has 0 atom stereocenters. The average molecular weight is 326 g/mol. The fourth-order valence-corrected chi connectivity index (χ4v) is 1.94. The molecule has 2 aromatic carbocycles. The van der Waals surface area contributed by atoms with Crippen LogP contribution in [0.15, 0.2) is 60.9 Å². The van der Waals surface area contributed by atoms with Crippen molar-refractivity contribution in [1.29, 1.82) is 0 Å². The van der Waals surface area contributed by atoms with Gasteiger partial charge < -0.3 is 10.6 Å². The van der Waals surface area contributed by atoms with E-state index in [2.05, 4.69) is 20.6 Å². The van der Waals surface area contributed by atoms with Crippen LogP contribution in [0.25, 0.3) is 0 Å². The molecule has 1 heterocycles. The van der Waals surface area contributed by atoms with Gasteiger partial charge in [-0.2, -0.15) is 0 Å². The van der Waals surface area contributed by atoms with Gasteiger partial charge in [-0.05, 0) is 36.4 Å². The first-order chi connectivity index (χ1) is 11.6. The van der Waals surface area contributed by atoms with Crippen LogP contribution >= 0.6 is 0 Å². The fraction of sp³-hybridized carbons (Fsp3) is 0. The number of hydrogen-bond donors (Lipinski definition) is 2. The highest BCUT2D eigenvalue weighted by Gasteiger charge is 2.11. The first-order valence-corrected chi connectivity index (χ1v) is 7.02. The molecule has 24 heavy (non-hydrogen) atoms. The maximum Gasteiger partial charge on any atom is 0.275 e. The van der Waals surface area contributed by atoms with E-state index in [4.69, 9.17) is 0 Å². The van der Waals surface area contributed by atoms with Crippen molar-refractivity contribution in [3.8, 4) is 0 Å². The van der Waals surface area contributed by atoms with E-state index in [0.717, 1.165) is 0 Å². The molecule has 0 saturated heterocycles. The highest BCUT2D eigenvalue weighted by atomic mass is 19.1. The molecule has 7 heteroatoms. The van der Waals surface area contributed by atoms with E-state index < -0.39 is 11.7 Å². The van der Waals surface area contributed by atoms with Crippen LogP contribution in [-0.4, -0.2) is 15.9 Å². The topological polar surface area (TPSA) is 66.9 Å². The fourth-order valence-electron chi connectivity index (χ4n) is 1.94. The maximum absolute atomic E-state index is 13.5. The largest absolute Gasteiger partial charge is 0.339 e. The average Bonchev–Trinajstić information content (AvgIpc) is 2.59. The summed E-state index contributed by atoms with van der Waals surface area (Å²) in [7, 11) is 0. The molecule has 1 aromatic heterocycles. The number of para-hydroxylation sites is 1. The quantitative estimate of drug-likeness (QED) is 0.766. The lowest BCUT2D eigenvalue weighted by atomic mass is 10.3. The van der Waals surface area contributed by atoms with Crippen LogP contribution in [0, 0.1) is 11.6 Å². The smallest absolute Gasteiger partial charge is 0.275 e. The number of benzene rings is 2. The van der Waals surface area contributed by atoms with E-state index in [1.165, 1.54) is 42.7 Å². The molecule has 0 unspecified atom stereocenters. The van der Waals surface area contributed by atoms with Gasteiger partial charge in [0.05, 0.1) is 18.1 Å². The Kier molecular flexibility index (Phi) is 4.42. The van der Waals surface area contributed by atoms with Crippen LogP contribution in [0.3, 0.4) is 0 Å². The first-order valence-electron chi connectivity index (χ1n) is 7.02. The normalized spacial score (nSPS) is 10.2. The molecule has 0 saturated carbocycles. The zero-order chi connectivity index (χ0) is 16.9. The van der Waals surface area contributed by atoms with Crippen molar-refractivity contribution in [3.63, 3.8) is 0 Å². The van der Waals surface area contributed by atoms with Gasteiger partial charge >= 0.3 is 0 Å². The number of halogens is 2. The number of nitrogens with zero attached hydrogens (tertiary/aromatic N) is 2. The van der Waals surface area contributed by atoms with Crippen molar-refractivity contribution in [3.05, 3.63) is 78.3 Å². The lowest BCUT2D eigenvalue weighted by Crippen LogP contribution is -2.15. The molecule has 120 valence electrons. The van der Waals surface area contributed by atoms with E-state index in [0.29, 0.717) is 11.5 Å². The Morgan fingerprint density at radius 2 is 1.67 bits per heavy atom.